The first-order valence-corrected chi connectivity index (χ1v) is 5.03. The molecule has 1 heterocycles. The maximum Gasteiger partial charge on any atom is 0.118 e. The molecule has 1 aromatic rings. The maximum absolute atomic E-state index is 8.90. The third-order valence-corrected chi connectivity index (χ3v) is 2.27. The fraction of sp³-hybridized carbons (Fsp3) is 0.636. The number of nitrogens with zero attached hydrogens (tertiary/aromatic N) is 1. The van der Waals surface area contributed by atoms with E-state index >= 15 is 0 Å². The van der Waals surface area contributed by atoms with Crippen LogP contribution in [-0.4, -0.2) is 29.2 Å². The van der Waals surface area contributed by atoms with Crippen molar-refractivity contribution < 1.29 is 9.52 Å². The Morgan fingerprint density at radius 3 is 2.57 bits per heavy atom. The molecule has 0 spiro atoms. The van der Waals surface area contributed by atoms with E-state index in [9.17, 15) is 0 Å². The largest absolute Gasteiger partial charge is 0.465 e. The first-order chi connectivity index (χ1) is 6.63. The molecule has 3 heteroatoms. The lowest BCUT2D eigenvalue weighted by molar-refractivity contribution is 0.149. The Bertz CT molecular complexity index is 268. The van der Waals surface area contributed by atoms with Gasteiger partial charge in [-0.2, -0.15) is 0 Å². The molecule has 0 unspecified atom stereocenters. The molecule has 0 atom stereocenters. The van der Waals surface area contributed by atoms with Crippen molar-refractivity contribution in [2.75, 3.05) is 13.2 Å². The molecule has 0 aliphatic carbocycles. The lowest BCUT2D eigenvalue weighted by Crippen LogP contribution is -2.32. The Labute approximate surface area is 85.3 Å². The highest BCUT2D eigenvalue weighted by Gasteiger charge is 2.11. The molecule has 14 heavy (non-hydrogen) atoms. The summed E-state index contributed by atoms with van der Waals surface area (Å²) in [6, 6.07) is 4.38. The van der Waals surface area contributed by atoms with Gasteiger partial charge in [0, 0.05) is 12.6 Å². The molecule has 0 bridgehead atoms. The van der Waals surface area contributed by atoms with Crippen LogP contribution in [0.4, 0.5) is 0 Å². The number of aliphatic hydroxyl groups excluding tert-OH is 1. The van der Waals surface area contributed by atoms with E-state index in [1.165, 1.54) is 0 Å². The van der Waals surface area contributed by atoms with E-state index in [1.807, 2.05) is 19.1 Å². The minimum atomic E-state index is 0.192. The van der Waals surface area contributed by atoms with Gasteiger partial charge in [-0.1, -0.05) is 0 Å². The standard InChI is InChI=1S/C11H19NO2/c1-9(2)12(6-7-13)8-11-5-4-10(3)14-11/h4-5,9,13H,6-8H2,1-3H3. The van der Waals surface area contributed by atoms with Gasteiger partial charge in [0.15, 0.2) is 0 Å². The van der Waals surface area contributed by atoms with Crippen molar-refractivity contribution in [3.05, 3.63) is 23.7 Å². The second-order valence-electron chi connectivity index (χ2n) is 3.80. The molecule has 0 amide bonds. The van der Waals surface area contributed by atoms with E-state index in [1.54, 1.807) is 0 Å². The van der Waals surface area contributed by atoms with Gasteiger partial charge in [-0.25, -0.2) is 0 Å². The number of aliphatic hydroxyl groups is 1. The lowest BCUT2D eigenvalue weighted by Gasteiger charge is -2.24. The van der Waals surface area contributed by atoms with E-state index in [2.05, 4.69) is 18.7 Å². The second-order valence-corrected chi connectivity index (χ2v) is 3.80. The van der Waals surface area contributed by atoms with Crippen LogP contribution >= 0.6 is 0 Å². The maximum atomic E-state index is 8.90. The Morgan fingerprint density at radius 1 is 1.43 bits per heavy atom. The van der Waals surface area contributed by atoms with Gasteiger partial charge in [0.2, 0.25) is 0 Å². The summed E-state index contributed by atoms with van der Waals surface area (Å²) in [5.41, 5.74) is 0. The van der Waals surface area contributed by atoms with Crippen molar-refractivity contribution in [1.82, 2.24) is 4.90 Å². The smallest absolute Gasteiger partial charge is 0.118 e. The summed E-state index contributed by atoms with van der Waals surface area (Å²) in [5.74, 6) is 1.90. The van der Waals surface area contributed by atoms with Crippen LogP contribution in [0.25, 0.3) is 0 Å². The molecular formula is C11H19NO2. The zero-order valence-electron chi connectivity index (χ0n) is 9.16. The fourth-order valence-corrected chi connectivity index (χ4v) is 1.42. The molecule has 0 aliphatic heterocycles. The SMILES string of the molecule is Cc1ccc(CN(CCO)C(C)C)o1. The third-order valence-electron chi connectivity index (χ3n) is 2.27. The van der Waals surface area contributed by atoms with Crippen molar-refractivity contribution in [1.29, 1.82) is 0 Å². The van der Waals surface area contributed by atoms with Gasteiger partial charge < -0.3 is 9.52 Å². The zero-order chi connectivity index (χ0) is 10.6. The molecule has 0 radical (unpaired) electrons. The van der Waals surface area contributed by atoms with E-state index in [0.29, 0.717) is 12.6 Å². The summed E-state index contributed by atoms with van der Waals surface area (Å²) in [6.45, 7) is 7.83. The minimum Gasteiger partial charge on any atom is -0.465 e. The normalized spacial score (nSPS) is 11.6. The predicted molar refractivity (Wildman–Crippen MR) is 56.1 cm³/mol. The number of hydrogen-bond donors (Lipinski definition) is 1. The van der Waals surface area contributed by atoms with Gasteiger partial charge >= 0.3 is 0 Å². The summed E-state index contributed by atoms with van der Waals surface area (Å²) < 4.78 is 5.49. The summed E-state index contributed by atoms with van der Waals surface area (Å²) in [4.78, 5) is 2.18. The molecule has 80 valence electrons. The van der Waals surface area contributed by atoms with Crippen LogP contribution in [0.15, 0.2) is 16.5 Å². The van der Waals surface area contributed by atoms with Gasteiger partial charge in [0.25, 0.3) is 0 Å². The molecule has 0 saturated carbocycles. The van der Waals surface area contributed by atoms with Crippen LogP contribution in [0.5, 0.6) is 0 Å². The fourth-order valence-electron chi connectivity index (χ4n) is 1.42. The zero-order valence-corrected chi connectivity index (χ0v) is 9.16. The highest BCUT2D eigenvalue weighted by Crippen LogP contribution is 2.11. The van der Waals surface area contributed by atoms with Crippen LogP contribution in [0.2, 0.25) is 0 Å². The molecule has 3 nitrogen and oxygen atoms in total. The van der Waals surface area contributed by atoms with Crippen molar-refractivity contribution in [2.24, 2.45) is 0 Å². The number of hydrogen-bond acceptors (Lipinski definition) is 3. The number of rotatable bonds is 5. The predicted octanol–water partition coefficient (Wildman–Crippen LogP) is 1.79. The van der Waals surface area contributed by atoms with E-state index in [-0.39, 0.29) is 6.61 Å². The number of furan rings is 1. The van der Waals surface area contributed by atoms with Crippen LogP contribution in [0, 0.1) is 6.92 Å². The summed E-state index contributed by atoms with van der Waals surface area (Å²) >= 11 is 0. The molecule has 1 aromatic heterocycles. The van der Waals surface area contributed by atoms with Gasteiger partial charge in [0.1, 0.15) is 11.5 Å². The summed E-state index contributed by atoms with van der Waals surface area (Å²) in [5, 5.41) is 8.90. The summed E-state index contributed by atoms with van der Waals surface area (Å²) in [6.07, 6.45) is 0. The first kappa shape index (κ1) is 11.3. The molecule has 0 aliphatic rings. The van der Waals surface area contributed by atoms with E-state index in [4.69, 9.17) is 9.52 Å². The molecule has 0 aromatic carbocycles. The van der Waals surface area contributed by atoms with Gasteiger partial charge in [-0.05, 0) is 32.9 Å². The third kappa shape index (κ3) is 3.16. The molecular weight excluding hydrogens is 178 g/mol. The Hall–Kier alpha value is -0.800. The topological polar surface area (TPSA) is 36.6 Å². The van der Waals surface area contributed by atoms with Crippen LogP contribution in [-0.2, 0) is 6.54 Å². The van der Waals surface area contributed by atoms with Crippen molar-refractivity contribution in [2.45, 2.75) is 33.4 Å². The van der Waals surface area contributed by atoms with Crippen molar-refractivity contribution >= 4 is 0 Å². The Kier molecular flexibility index (Phi) is 4.17. The van der Waals surface area contributed by atoms with Gasteiger partial charge in [-0.3, -0.25) is 4.90 Å². The molecule has 0 saturated heterocycles. The highest BCUT2D eigenvalue weighted by atomic mass is 16.3. The Morgan fingerprint density at radius 2 is 2.14 bits per heavy atom. The average molecular weight is 197 g/mol. The van der Waals surface area contributed by atoms with Crippen LogP contribution < -0.4 is 0 Å². The molecule has 0 fully saturated rings. The van der Waals surface area contributed by atoms with Crippen molar-refractivity contribution in [3.63, 3.8) is 0 Å². The molecule has 1 N–H and O–H groups in total. The molecule has 1 rings (SSSR count). The van der Waals surface area contributed by atoms with Crippen molar-refractivity contribution in [3.8, 4) is 0 Å². The quantitative estimate of drug-likeness (QED) is 0.782. The van der Waals surface area contributed by atoms with Gasteiger partial charge in [0.05, 0.1) is 13.2 Å². The minimum absolute atomic E-state index is 0.192. The average Bonchev–Trinajstić information content (AvgIpc) is 2.50. The van der Waals surface area contributed by atoms with E-state index < -0.39 is 0 Å². The van der Waals surface area contributed by atoms with Gasteiger partial charge in [-0.15, -0.1) is 0 Å². The monoisotopic (exact) mass is 197 g/mol. The van der Waals surface area contributed by atoms with Crippen LogP contribution in [0.3, 0.4) is 0 Å². The first-order valence-electron chi connectivity index (χ1n) is 5.03. The second kappa shape index (κ2) is 5.17. The van der Waals surface area contributed by atoms with E-state index in [0.717, 1.165) is 18.1 Å². The highest BCUT2D eigenvalue weighted by molar-refractivity contribution is 5.05. The summed E-state index contributed by atoms with van der Waals surface area (Å²) in [7, 11) is 0. The lowest BCUT2D eigenvalue weighted by atomic mass is 10.3. The van der Waals surface area contributed by atoms with Crippen LogP contribution in [0.1, 0.15) is 25.4 Å². The number of aryl methyl sites for hydroxylation is 1. The Balaban J connectivity index is 2.55.